The SMILES string of the molecule is CN1c2cc(C(=O)NCc3cc(F)ccc3F)ccc2C(=O)N2CCCC[C@@H]21. The van der Waals surface area contributed by atoms with Gasteiger partial charge in [-0.05, 0) is 55.7 Å². The van der Waals surface area contributed by atoms with E-state index >= 15 is 0 Å². The van der Waals surface area contributed by atoms with Gasteiger partial charge in [-0.2, -0.15) is 0 Å². The van der Waals surface area contributed by atoms with Crippen molar-refractivity contribution in [3.63, 3.8) is 0 Å². The first-order chi connectivity index (χ1) is 13.5. The summed E-state index contributed by atoms with van der Waals surface area (Å²) >= 11 is 0. The zero-order chi connectivity index (χ0) is 19.8. The number of nitrogens with zero attached hydrogens (tertiary/aromatic N) is 2. The highest BCUT2D eigenvalue weighted by Crippen LogP contribution is 2.34. The van der Waals surface area contributed by atoms with Gasteiger partial charge in [0.15, 0.2) is 0 Å². The summed E-state index contributed by atoms with van der Waals surface area (Å²) < 4.78 is 27.0. The molecule has 2 aromatic rings. The molecule has 2 aliphatic rings. The second-order valence-electron chi connectivity index (χ2n) is 7.24. The molecule has 0 aliphatic carbocycles. The van der Waals surface area contributed by atoms with Gasteiger partial charge in [0.25, 0.3) is 11.8 Å². The number of carbonyl (C=O) groups excluding carboxylic acids is 2. The lowest BCUT2D eigenvalue weighted by Gasteiger charge is -2.46. The summed E-state index contributed by atoms with van der Waals surface area (Å²) in [7, 11) is 1.93. The number of rotatable bonds is 3. The molecule has 1 fully saturated rings. The number of piperidine rings is 1. The quantitative estimate of drug-likeness (QED) is 0.882. The number of halogens is 2. The van der Waals surface area contributed by atoms with E-state index in [-0.39, 0.29) is 24.2 Å². The van der Waals surface area contributed by atoms with E-state index in [1.165, 1.54) is 0 Å². The minimum atomic E-state index is -0.574. The van der Waals surface area contributed by atoms with E-state index in [2.05, 4.69) is 5.32 Å². The van der Waals surface area contributed by atoms with Crippen molar-refractivity contribution in [2.75, 3.05) is 18.5 Å². The number of hydrogen-bond acceptors (Lipinski definition) is 3. The molecular formula is C21H21F2N3O2. The first kappa shape index (κ1) is 18.4. The Bertz CT molecular complexity index is 947. The average molecular weight is 385 g/mol. The van der Waals surface area contributed by atoms with Crippen LogP contribution in [-0.4, -0.2) is 36.5 Å². The molecule has 0 radical (unpaired) electrons. The molecule has 7 heteroatoms. The van der Waals surface area contributed by atoms with E-state index in [1.807, 2.05) is 16.8 Å². The topological polar surface area (TPSA) is 52.7 Å². The first-order valence-corrected chi connectivity index (χ1v) is 9.35. The molecule has 28 heavy (non-hydrogen) atoms. The second kappa shape index (κ2) is 7.22. The van der Waals surface area contributed by atoms with Gasteiger partial charge in [0.2, 0.25) is 0 Å². The van der Waals surface area contributed by atoms with Crippen molar-refractivity contribution in [2.24, 2.45) is 0 Å². The summed E-state index contributed by atoms with van der Waals surface area (Å²) in [5, 5.41) is 2.61. The minimum absolute atomic E-state index is 0.00779. The summed E-state index contributed by atoms with van der Waals surface area (Å²) in [6.07, 6.45) is 2.97. The van der Waals surface area contributed by atoms with Crippen LogP contribution in [0.5, 0.6) is 0 Å². The minimum Gasteiger partial charge on any atom is -0.354 e. The molecule has 1 N–H and O–H groups in total. The van der Waals surface area contributed by atoms with E-state index in [0.29, 0.717) is 11.1 Å². The second-order valence-corrected chi connectivity index (χ2v) is 7.24. The zero-order valence-corrected chi connectivity index (χ0v) is 15.5. The number of fused-ring (bicyclic) bond motifs is 2. The molecule has 0 saturated carbocycles. The number of nitrogens with one attached hydrogen (secondary N) is 1. The molecule has 2 aromatic carbocycles. The standard InChI is InChI=1S/C21H21F2N3O2/c1-25-18-11-13(20(27)24-12-14-10-15(22)6-8-17(14)23)5-7-16(18)21(28)26-9-3-2-4-19(25)26/h5-8,10-11,19H,2-4,9,12H2,1H3,(H,24,27)/t19-/m1/s1. The van der Waals surface area contributed by atoms with Crippen molar-refractivity contribution in [3.05, 3.63) is 64.7 Å². The maximum Gasteiger partial charge on any atom is 0.257 e. The fourth-order valence-electron chi connectivity index (χ4n) is 3.97. The van der Waals surface area contributed by atoms with Crippen LogP contribution in [0.25, 0.3) is 0 Å². The van der Waals surface area contributed by atoms with Crippen LogP contribution in [0.1, 0.15) is 45.5 Å². The summed E-state index contributed by atoms with van der Waals surface area (Å²) in [6, 6.07) is 8.07. The van der Waals surface area contributed by atoms with Crippen molar-refractivity contribution in [2.45, 2.75) is 32.0 Å². The van der Waals surface area contributed by atoms with Crippen molar-refractivity contribution < 1.29 is 18.4 Å². The van der Waals surface area contributed by atoms with Crippen molar-refractivity contribution in [3.8, 4) is 0 Å². The van der Waals surface area contributed by atoms with E-state index in [9.17, 15) is 18.4 Å². The van der Waals surface area contributed by atoms with Gasteiger partial charge in [0, 0.05) is 31.3 Å². The lowest BCUT2D eigenvalue weighted by Crippen LogP contribution is -2.55. The van der Waals surface area contributed by atoms with Crippen molar-refractivity contribution >= 4 is 17.5 Å². The number of anilines is 1. The predicted octanol–water partition coefficient (Wildman–Crippen LogP) is 3.30. The number of amides is 2. The van der Waals surface area contributed by atoms with E-state index in [1.54, 1.807) is 18.2 Å². The number of hydrogen-bond donors (Lipinski definition) is 1. The number of benzene rings is 2. The summed E-state index contributed by atoms with van der Waals surface area (Å²) in [5.74, 6) is -1.54. The molecular weight excluding hydrogens is 364 g/mol. The first-order valence-electron chi connectivity index (χ1n) is 9.35. The molecule has 1 atom stereocenters. The largest absolute Gasteiger partial charge is 0.354 e. The lowest BCUT2D eigenvalue weighted by atomic mass is 9.97. The van der Waals surface area contributed by atoms with Gasteiger partial charge in [0.1, 0.15) is 17.8 Å². The fraction of sp³-hybridized carbons (Fsp3) is 0.333. The molecule has 0 bridgehead atoms. The highest BCUT2D eigenvalue weighted by molar-refractivity contribution is 6.04. The third-order valence-electron chi connectivity index (χ3n) is 5.50. The molecule has 146 valence electrons. The Balaban J connectivity index is 1.55. The maximum absolute atomic E-state index is 13.7. The monoisotopic (exact) mass is 385 g/mol. The Hall–Kier alpha value is -2.96. The highest BCUT2D eigenvalue weighted by Gasteiger charge is 2.37. The molecule has 4 rings (SSSR count). The smallest absolute Gasteiger partial charge is 0.257 e. The Labute approximate surface area is 161 Å². The average Bonchev–Trinajstić information content (AvgIpc) is 2.72. The predicted molar refractivity (Wildman–Crippen MR) is 101 cm³/mol. The molecule has 0 spiro atoms. The van der Waals surface area contributed by atoms with E-state index in [4.69, 9.17) is 0 Å². The summed E-state index contributed by atoms with van der Waals surface area (Å²) in [5.41, 5.74) is 1.75. The van der Waals surface area contributed by atoms with Gasteiger partial charge in [-0.15, -0.1) is 0 Å². The zero-order valence-electron chi connectivity index (χ0n) is 15.5. The Kier molecular flexibility index (Phi) is 4.75. The van der Waals surface area contributed by atoms with E-state index in [0.717, 1.165) is 49.7 Å². The Morgan fingerprint density at radius 3 is 2.82 bits per heavy atom. The fourth-order valence-corrected chi connectivity index (χ4v) is 3.97. The van der Waals surface area contributed by atoms with Crippen LogP contribution in [-0.2, 0) is 6.54 Å². The Morgan fingerprint density at radius 1 is 1.18 bits per heavy atom. The lowest BCUT2D eigenvalue weighted by molar-refractivity contribution is 0.0589. The van der Waals surface area contributed by atoms with Crippen molar-refractivity contribution in [1.82, 2.24) is 10.2 Å². The normalized spacial score (nSPS) is 18.5. The van der Waals surface area contributed by atoms with Crippen LogP contribution in [0, 0.1) is 11.6 Å². The van der Waals surface area contributed by atoms with Crippen LogP contribution >= 0.6 is 0 Å². The molecule has 1 saturated heterocycles. The van der Waals surface area contributed by atoms with Crippen molar-refractivity contribution in [1.29, 1.82) is 0 Å². The third kappa shape index (κ3) is 3.21. The molecule has 2 heterocycles. The third-order valence-corrected chi connectivity index (χ3v) is 5.50. The van der Waals surface area contributed by atoms with Gasteiger partial charge in [0.05, 0.1) is 11.3 Å². The van der Waals surface area contributed by atoms with Crippen LogP contribution in [0.4, 0.5) is 14.5 Å². The van der Waals surface area contributed by atoms with Crippen LogP contribution in [0.2, 0.25) is 0 Å². The maximum atomic E-state index is 13.7. The van der Waals surface area contributed by atoms with E-state index < -0.39 is 17.5 Å². The molecule has 0 aromatic heterocycles. The van der Waals surface area contributed by atoms with Gasteiger partial charge >= 0.3 is 0 Å². The van der Waals surface area contributed by atoms with Crippen LogP contribution < -0.4 is 10.2 Å². The molecule has 5 nitrogen and oxygen atoms in total. The Morgan fingerprint density at radius 2 is 2.00 bits per heavy atom. The van der Waals surface area contributed by atoms with Gasteiger partial charge in [-0.3, -0.25) is 9.59 Å². The number of carbonyl (C=O) groups is 2. The van der Waals surface area contributed by atoms with Crippen LogP contribution in [0.15, 0.2) is 36.4 Å². The summed E-state index contributed by atoms with van der Waals surface area (Å²) in [6.45, 7) is 0.624. The molecule has 2 amide bonds. The van der Waals surface area contributed by atoms with Gasteiger partial charge < -0.3 is 15.1 Å². The summed E-state index contributed by atoms with van der Waals surface area (Å²) in [4.78, 5) is 29.2. The van der Waals surface area contributed by atoms with Gasteiger partial charge in [-0.1, -0.05) is 0 Å². The molecule has 0 unspecified atom stereocenters. The van der Waals surface area contributed by atoms with Gasteiger partial charge in [-0.25, -0.2) is 8.78 Å². The highest BCUT2D eigenvalue weighted by atomic mass is 19.1. The molecule has 2 aliphatic heterocycles. The van der Waals surface area contributed by atoms with Crippen LogP contribution in [0.3, 0.4) is 0 Å².